The van der Waals surface area contributed by atoms with Crippen molar-refractivity contribution in [2.45, 2.75) is 19.8 Å². The van der Waals surface area contributed by atoms with Gasteiger partial charge in [-0.05, 0) is 19.8 Å². The fourth-order valence-corrected chi connectivity index (χ4v) is 1.48. The van der Waals surface area contributed by atoms with Gasteiger partial charge in [0, 0.05) is 17.5 Å². The maximum atomic E-state index is 9.16. The van der Waals surface area contributed by atoms with E-state index < -0.39 is 0 Å². The first-order valence-corrected chi connectivity index (χ1v) is 5.09. The average molecular weight is 208 g/mol. The van der Waals surface area contributed by atoms with Crippen LogP contribution in [-0.4, -0.2) is 28.2 Å². The number of nitrogens with one attached hydrogen (secondary N) is 1. The van der Waals surface area contributed by atoms with Gasteiger partial charge in [0.05, 0.1) is 6.61 Å². The maximum absolute atomic E-state index is 9.16. The fourth-order valence-electron chi connectivity index (χ4n) is 1.48. The van der Waals surface area contributed by atoms with Crippen LogP contribution in [0, 0.1) is 12.3 Å². The Morgan fingerprint density at radius 2 is 2.27 bits per heavy atom. The molecule has 4 N–H and O–H groups in total. The van der Waals surface area contributed by atoms with Crippen molar-refractivity contribution in [2.24, 2.45) is 5.41 Å². The van der Waals surface area contributed by atoms with E-state index in [9.17, 15) is 0 Å². The summed E-state index contributed by atoms with van der Waals surface area (Å²) in [6.45, 7) is 2.87. The van der Waals surface area contributed by atoms with Gasteiger partial charge in [0.1, 0.15) is 18.0 Å². The lowest BCUT2D eigenvalue weighted by atomic mass is 10.1. The second kappa shape index (κ2) is 3.66. The maximum Gasteiger partial charge on any atom is 0.134 e. The first kappa shape index (κ1) is 10.2. The molecule has 82 valence electrons. The lowest BCUT2D eigenvalue weighted by molar-refractivity contribution is 0.219. The smallest absolute Gasteiger partial charge is 0.134 e. The molecule has 15 heavy (non-hydrogen) atoms. The molecular formula is C10H16N4O. The standard InChI is InChI=1S/C10H16N4O/c1-7-8(11)13-6-14-9(7)12-4-10(5-15)2-3-10/h6,15H,2-5H2,1H3,(H3,11,12,13,14). The van der Waals surface area contributed by atoms with E-state index in [0.717, 1.165) is 30.8 Å². The Hall–Kier alpha value is -1.36. The molecule has 1 aromatic rings. The number of anilines is 2. The van der Waals surface area contributed by atoms with Gasteiger partial charge >= 0.3 is 0 Å². The summed E-state index contributed by atoms with van der Waals surface area (Å²) in [6, 6.07) is 0. The quantitative estimate of drug-likeness (QED) is 0.673. The highest BCUT2D eigenvalue weighted by atomic mass is 16.3. The molecule has 1 fully saturated rings. The molecule has 1 saturated carbocycles. The number of aliphatic hydroxyl groups is 1. The third kappa shape index (κ3) is 2.02. The van der Waals surface area contributed by atoms with E-state index in [4.69, 9.17) is 10.8 Å². The predicted molar refractivity (Wildman–Crippen MR) is 58.4 cm³/mol. The minimum Gasteiger partial charge on any atom is -0.396 e. The summed E-state index contributed by atoms with van der Waals surface area (Å²) in [5.41, 5.74) is 6.61. The summed E-state index contributed by atoms with van der Waals surface area (Å²) in [5.74, 6) is 1.27. The van der Waals surface area contributed by atoms with E-state index in [2.05, 4.69) is 15.3 Å². The van der Waals surface area contributed by atoms with Crippen LogP contribution in [0.5, 0.6) is 0 Å². The van der Waals surface area contributed by atoms with Gasteiger partial charge in [0.2, 0.25) is 0 Å². The van der Waals surface area contributed by atoms with Crippen molar-refractivity contribution in [3.8, 4) is 0 Å². The summed E-state index contributed by atoms with van der Waals surface area (Å²) >= 11 is 0. The van der Waals surface area contributed by atoms with E-state index in [1.165, 1.54) is 6.33 Å². The Bertz CT molecular complexity index is 362. The minimum atomic E-state index is 0.0755. The van der Waals surface area contributed by atoms with Gasteiger partial charge in [-0.15, -0.1) is 0 Å². The normalized spacial score (nSPS) is 17.5. The summed E-state index contributed by atoms with van der Waals surface area (Å²) < 4.78 is 0. The molecule has 0 atom stereocenters. The number of rotatable bonds is 4. The zero-order valence-corrected chi connectivity index (χ0v) is 8.82. The largest absolute Gasteiger partial charge is 0.396 e. The van der Waals surface area contributed by atoms with Gasteiger partial charge in [-0.3, -0.25) is 0 Å². The Morgan fingerprint density at radius 3 is 2.87 bits per heavy atom. The highest BCUT2D eigenvalue weighted by Gasteiger charge is 2.41. The highest BCUT2D eigenvalue weighted by molar-refractivity contribution is 5.53. The molecule has 1 aliphatic carbocycles. The molecule has 0 radical (unpaired) electrons. The van der Waals surface area contributed by atoms with Gasteiger partial charge in [0.15, 0.2) is 0 Å². The SMILES string of the molecule is Cc1c(N)ncnc1NCC1(CO)CC1. The molecule has 0 unspecified atom stereocenters. The van der Waals surface area contributed by atoms with Crippen LogP contribution < -0.4 is 11.1 Å². The van der Waals surface area contributed by atoms with Crippen LogP contribution in [0.4, 0.5) is 11.6 Å². The summed E-state index contributed by atoms with van der Waals surface area (Å²) in [5, 5.41) is 12.4. The Labute approximate surface area is 88.7 Å². The molecule has 1 aliphatic rings. The molecular weight excluding hydrogens is 192 g/mol. The zero-order valence-electron chi connectivity index (χ0n) is 8.82. The van der Waals surface area contributed by atoms with Gasteiger partial charge in [-0.2, -0.15) is 0 Å². The molecule has 0 saturated heterocycles. The number of aromatic nitrogens is 2. The Kier molecular flexibility index (Phi) is 2.48. The fraction of sp³-hybridized carbons (Fsp3) is 0.600. The molecule has 2 rings (SSSR count). The number of aliphatic hydroxyl groups excluding tert-OH is 1. The van der Waals surface area contributed by atoms with E-state index >= 15 is 0 Å². The molecule has 1 aromatic heterocycles. The van der Waals surface area contributed by atoms with Gasteiger partial charge < -0.3 is 16.2 Å². The van der Waals surface area contributed by atoms with Crippen LogP contribution in [-0.2, 0) is 0 Å². The van der Waals surface area contributed by atoms with Crippen LogP contribution >= 0.6 is 0 Å². The number of nitrogens with two attached hydrogens (primary N) is 1. The molecule has 0 aromatic carbocycles. The second-order valence-electron chi connectivity index (χ2n) is 4.24. The van der Waals surface area contributed by atoms with Gasteiger partial charge in [0.25, 0.3) is 0 Å². The third-order valence-corrected chi connectivity index (χ3v) is 3.05. The van der Waals surface area contributed by atoms with Crippen molar-refractivity contribution in [1.82, 2.24) is 9.97 Å². The summed E-state index contributed by atoms with van der Waals surface area (Å²) in [7, 11) is 0. The lowest BCUT2D eigenvalue weighted by Gasteiger charge is -2.14. The van der Waals surface area contributed by atoms with Crippen molar-refractivity contribution in [1.29, 1.82) is 0 Å². The van der Waals surface area contributed by atoms with E-state index in [-0.39, 0.29) is 12.0 Å². The lowest BCUT2D eigenvalue weighted by Crippen LogP contribution is -2.20. The first-order chi connectivity index (χ1) is 7.17. The molecule has 0 aliphatic heterocycles. The molecule has 0 amide bonds. The van der Waals surface area contributed by atoms with Crippen molar-refractivity contribution < 1.29 is 5.11 Å². The van der Waals surface area contributed by atoms with Crippen LogP contribution in [0.25, 0.3) is 0 Å². The third-order valence-electron chi connectivity index (χ3n) is 3.05. The van der Waals surface area contributed by atoms with Crippen LogP contribution in [0.2, 0.25) is 0 Å². The molecule has 0 bridgehead atoms. The molecule has 1 heterocycles. The van der Waals surface area contributed by atoms with E-state index in [1.807, 2.05) is 6.92 Å². The van der Waals surface area contributed by atoms with Crippen LogP contribution in [0.3, 0.4) is 0 Å². The second-order valence-corrected chi connectivity index (χ2v) is 4.24. The number of hydrogen-bond donors (Lipinski definition) is 3. The minimum absolute atomic E-state index is 0.0755. The number of hydrogen-bond acceptors (Lipinski definition) is 5. The Balaban J connectivity index is 2.02. The molecule has 5 nitrogen and oxygen atoms in total. The summed E-state index contributed by atoms with van der Waals surface area (Å²) in [6.07, 6.45) is 3.61. The molecule has 5 heteroatoms. The van der Waals surface area contributed by atoms with Crippen LogP contribution in [0.15, 0.2) is 6.33 Å². The zero-order chi connectivity index (χ0) is 10.9. The van der Waals surface area contributed by atoms with E-state index in [1.54, 1.807) is 0 Å². The van der Waals surface area contributed by atoms with Crippen molar-refractivity contribution in [3.05, 3.63) is 11.9 Å². The summed E-state index contributed by atoms with van der Waals surface area (Å²) in [4.78, 5) is 8.02. The number of nitrogens with zero attached hydrogens (tertiary/aromatic N) is 2. The monoisotopic (exact) mass is 208 g/mol. The number of nitrogen functional groups attached to an aromatic ring is 1. The van der Waals surface area contributed by atoms with Gasteiger partial charge in [-0.25, -0.2) is 9.97 Å². The highest BCUT2D eigenvalue weighted by Crippen LogP contribution is 2.44. The molecule has 0 spiro atoms. The van der Waals surface area contributed by atoms with Gasteiger partial charge in [-0.1, -0.05) is 0 Å². The van der Waals surface area contributed by atoms with Crippen molar-refractivity contribution in [3.63, 3.8) is 0 Å². The predicted octanol–water partition coefficient (Wildman–Crippen LogP) is 0.552. The van der Waals surface area contributed by atoms with E-state index in [0.29, 0.717) is 5.82 Å². The van der Waals surface area contributed by atoms with Crippen molar-refractivity contribution >= 4 is 11.6 Å². The van der Waals surface area contributed by atoms with Crippen molar-refractivity contribution in [2.75, 3.05) is 24.2 Å². The topological polar surface area (TPSA) is 84.1 Å². The van der Waals surface area contributed by atoms with Crippen LogP contribution in [0.1, 0.15) is 18.4 Å². The average Bonchev–Trinajstić information content (AvgIpc) is 3.01. The Morgan fingerprint density at radius 1 is 1.53 bits per heavy atom. The first-order valence-electron chi connectivity index (χ1n) is 5.09.